The molecule has 0 radical (unpaired) electrons. The summed E-state index contributed by atoms with van der Waals surface area (Å²) in [7, 11) is 1.66. The zero-order valence-corrected chi connectivity index (χ0v) is 13.0. The Morgan fingerprint density at radius 2 is 2.14 bits per heavy atom. The molecule has 1 aliphatic heterocycles. The van der Waals surface area contributed by atoms with Gasteiger partial charge in [-0.3, -0.25) is 4.79 Å². The van der Waals surface area contributed by atoms with E-state index in [0.29, 0.717) is 12.3 Å². The number of likely N-dealkylation sites (tertiary alicyclic amines) is 1. The monoisotopic (exact) mass is 290 g/mol. The minimum atomic E-state index is 0.169. The molecular weight excluding hydrogens is 264 g/mol. The van der Waals surface area contributed by atoms with Gasteiger partial charge in [-0.05, 0) is 49.8 Å². The molecule has 0 spiro atoms. The van der Waals surface area contributed by atoms with Crippen molar-refractivity contribution >= 4 is 5.91 Å². The van der Waals surface area contributed by atoms with E-state index in [2.05, 4.69) is 0 Å². The van der Waals surface area contributed by atoms with Crippen LogP contribution in [0, 0.1) is 5.92 Å². The highest BCUT2D eigenvalue weighted by Crippen LogP contribution is 2.20. The molecule has 1 heterocycles. The van der Waals surface area contributed by atoms with Gasteiger partial charge in [-0.1, -0.05) is 12.1 Å². The third kappa shape index (κ3) is 4.46. The summed E-state index contributed by atoms with van der Waals surface area (Å²) in [4.78, 5) is 14.3. The van der Waals surface area contributed by atoms with Crippen LogP contribution < -0.4 is 10.5 Å². The average molecular weight is 290 g/mol. The van der Waals surface area contributed by atoms with Gasteiger partial charge < -0.3 is 15.4 Å². The Hall–Kier alpha value is -1.55. The van der Waals surface area contributed by atoms with Crippen molar-refractivity contribution in [1.29, 1.82) is 0 Å². The normalized spacial score (nSPS) is 20.1. The first-order valence-corrected chi connectivity index (χ1v) is 7.76. The molecule has 2 N–H and O–H groups in total. The lowest BCUT2D eigenvalue weighted by molar-refractivity contribution is -0.133. The number of methoxy groups -OCH3 is 1. The first-order valence-electron chi connectivity index (χ1n) is 7.76. The van der Waals surface area contributed by atoms with Gasteiger partial charge in [0.05, 0.1) is 7.11 Å². The third-order valence-electron chi connectivity index (χ3n) is 4.34. The second-order valence-corrected chi connectivity index (χ2v) is 5.95. The molecule has 0 aliphatic carbocycles. The molecule has 1 saturated heterocycles. The fourth-order valence-electron chi connectivity index (χ4n) is 2.87. The SMILES string of the molecule is COc1ccc(CCC(=O)N2CCCC(C(C)N)C2)cc1. The highest BCUT2D eigenvalue weighted by molar-refractivity contribution is 5.76. The molecule has 1 aromatic rings. The Morgan fingerprint density at radius 1 is 1.43 bits per heavy atom. The van der Waals surface area contributed by atoms with Crippen molar-refractivity contribution < 1.29 is 9.53 Å². The second kappa shape index (κ2) is 7.46. The van der Waals surface area contributed by atoms with Gasteiger partial charge in [-0.25, -0.2) is 0 Å². The first kappa shape index (κ1) is 15.8. The maximum absolute atomic E-state index is 12.3. The van der Waals surface area contributed by atoms with Gasteiger partial charge in [0.2, 0.25) is 5.91 Å². The van der Waals surface area contributed by atoms with Crippen molar-refractivity contribution in [3.8, 4) is 5.75 Å². The quantitative estimate of drug-likeness (QED) is 0.904. The number of rotatable bonds is 5. The number of hydrogen-bond donors (Lipinski definition) is 1. The van der Waals surface area contributed by atoms with Crippen LogP contribution in [0.3, 0.4) is 0 Å². The summed E-state index contributed by atoms with van der Waals surface area (Å²) in [6, 6.07) is 8.09. The maximum atomic E-state index is 12.3. The number of hydrogen-bond acceptors (Lipinski definition) is 3. The van der Waals surface area contributed by atoms with Crippen LogP contribution in [-0.4, -0.2) is 37.0 Å². The van der Waals surface area contributed by atoms with Crippen molar-refractivity contribution in [2.75, 3.05) is 20.2 Å². The summed E-state index contributed by atoms with van der Waals surface area (Å²) in [6.45, 7) is 3.74. The zero-order chi connectivity index (χ0) is 15.2. The minimum Gasteiger partial charge on any atom is -0.497 e. The number of carbonyl (C=O) groups excluding carboxylic acids is 1. The van der Waals surface area contributed by atoms with E-state index in [1.807, 2.05) is 36.1 Å². The molecule has 21 heavy (non-hydrogen) atoms. The van der Waals surface area contributed by atoms with Crippen molar-refractivity contribution in [3.63, 3.8) is 0 Å². The van der Waals surface area contributed by atoms with E-state index in [0.717, 1.165) is 38.1 Å². The molecule has 2 unspecified atom stereocenters. The summed E-state index contributed by atoms with van der Waals surface area (Å²) >= 11 is 0. The molecular formula is C17H26N2O2. The first-order chi connectivity index (χ1) is 10.1. The number of aryl methyl sites for hydroxylation is 1. The van der Waals surface area contributed by atoms with E-state index in [4.69, 9.17) is 10.5 Å². The van der Waals surface area contributed by atoms with Gasteiger partial charge in [0.1, 0.15) is 5.75 Å². The summed E-state index contributed by atoms with van der Waals surface area (Å²) in [5, 5.41) is 0. The molecule has 1 amide bonds. The molecule has 116 valence electrons. The molecule has 2 atom stereocenters. The topological polar surface area (TPSA) is 55.6 Å². The summed E-state index contributed by atoms with van der Waals surface area (Å²) in [5.74, 6) is 1.54. The lowest BCUT2D eigenvalue weighted by Gasteiger charge is -2.34. The fourth-order valence-corrected chi connectivity index (χ4v) is 2.87. The Morgan fingerprint density at radius 3 is 2.76 bits per heavy atom. The van der Waals surface area contributed by atoms with Crippen LogP contribution >= 0.6 is 0 Å². The predicted molar refractivity (Wildman–Crippen MR) is 84.3 cm³/mol. The van der Waals surface area contributed by atoms with Crippen LogP contribution in [0.25, 0.3) is 0 Å². The van der Waals surface area contributed by atoms with E-state index in [-0.39, 0.29) is 11.9 Å². The van der Waals surface area contributed by atoms with Crippen molar-refractivity contribution in [3.05, 3.63) is 29.8 Å². The Balaban J connectivity index is 1.83. The van der Waals surface area contributed by atoms with Crippen molar-refractivity contribution in [1.82, 2.24) is 4.90 Å². The lowest BCUT2D eigenvalue weighted by atomic mass is 9.92. The van der Waals surface area contributed by atoms with E-state index in [9.17, 15) is 4.79 Å². The number of nitrogens with zero attached hydrogens (tertiary/aromatic N) is 1. The molecule has 1 aromatic carbocycles. The zero-order valence-electron chi connectivity index (χ0n) is 13.0. The molecule has 0 bridgehead atoms. The Bertz CT molecular complexity index is 456. The smallest absolute Gasteiger partial charge is 0.222 e. The Kier molecular flexibility index (Phi) is 5.62. The van der Waals surface area contributed by atoms with E-state index in [1.54, 1.807) is 7.11 Å². The fraction of sp³-hybridized carbons (Fsp3) is 0.588. The minimum absolute atomic E-state index is 0.169. The van der Waals surface area contributed by atoms with E-state index in [1.165, 1.54) is 5.56 Å². The van der Waals surface area contributed by atoms with Crippen LogP contribution in [0.5, 0.6) is 5.75 Å². The third-order valence-corrected chi connectivity index (χ3v) is 4.34. The molecule has 0 saturated carbocycles. The highest BCUT2D eigenvalue weighted by atomic mass is 16.5. The Labute approximate surface area is 127 Å². The van der Waals surface area contributed by atoms with Gasteiger partial charge in [0.25, 0.3) is 0 Å². The second-order valence-electron chi connectivity index (χ2n) is 5.95. The molecule has 4 heteroatoms. The summed E-state index contributed by atoms with van der Waals surface area (Å²) in [6.07, 6.45) is 3.56. The lowest BCUT2D eigenvalue weighted by Crippen LogP contribution is -2.45. The van der Waals surface area contributed by atoms with Crippen LogP contribution in [0.4, 0.5) is 0 Å². The maximum Gasteiger partial charge on any atom is 0.222 e. The molecule has 4 nitrogen and oxygen atoms in total. The van der Waals surface area contributed by atoms with Crippen LogP contribution in [-0.2, 0) is 11.2 Å². The molecule has 1 aliphatic rings. The highest BCUT2D eigenvalue weighted by Gasteiger charge is 2.25. The van der Waals surface area contributed by atoms with E-state index < -0.39 is 0 Å². The number of amides is 1. The number of benzene rings is 1. The van der Waals surface area contributed by atoms with Crippen LogP contribution in [0.1, 0.15) is 31.7 Å². The summed E-state index contributed by atoms with van der Waals surface area (Å²) < 4.78 is 5.14. The standard InChI is InChI=1S/C17H26N2O2/c1-13(18)15-4-3-11-19(12-15)17(20)10-7-14-5-8-16(21-2)9-6-14/h5-6,8-9,13,15H,3-4,7,10-12,18H2,1-2H3. The number of carbonyl (C=O) groups is 1. The largest absolute Gasteiger partial charge is 0.497 e. The van der Waals surface area contributed by atoms with Crippen molar-refractivity contribution in [2.24, 2.45) is 11.7 Å². The number of ether oxygens (including phenoxy) is 1. The van der Waals surface area contributed by atoms with Crippen molar-refractivity contribution in [2.45, 2.75) is 38.6 Å². The average Bonchev–Trinajstić information content (AvgIpc) is 2.53. The molecule has 1 fully saturated rings. The predicted octanol–water partition coefficient (Wildman–Crippen LogP) is 2.21. The molecule has 2 rings (SSSR count). The van der Waals surface area contributed by atoms with Gasteiger partial charge in [0, 0.05) is 25.6 Å². The molecule has 0 aromatic heterocycles. The van der Waals surface area contributed by atoms with Crippen LogP contribution in [0.15, 0.2) is 24.3 Å². The summed E-state index contributed by atoms with van der Waals surface area (Å²) in [5.41, 5.74) is 7.14. The van der Waals surface area contributed by atoms with Gasteiger partial charge in [-0.15, -0.1) is 0 Å². The number of piperidine rings is 1. The van der Waals surface area contributed by atoms with Crippen LogP contribution in [0.2, 0.25) is 0 Å². The van der Waals surface area contributed by atoms with Gasteiger partial charge >= 0.3 is 0 Å². The van der Waals surface area contributed by atoms with E-state index >= 15 is 0 Å². The van der Waals surface area contributed by atoms with Gasteiger partial charge in [0.15, 0.2) is 0 Å². The van der Waals surface area contributed by atoms with Gasteiger partial charge in [-0.2, -0.15) is 0 Å². The number of nitrogens with two attached hydrogens (primary N) is 1.